The molecule has 0 amide bonds. The Kier molecular flexibility index (Phi) is 22.7. The fourth-order valence-electron chi connectivity index (χ4n) is 9.30. The Hall–Kier alpha value is -6.95. The maximum atomic E-state index is 13.9. The zero-order valence-electron chi connectivity index (χ0n) is 45.8. The molecule has 0 aliphatic carbocycles. The molecule has 4 aliphatic rings. The van der Waals surface area contributed by atoms with Gasteiger partial charge < -0.3 is 122 Å². The molecule has 19 unspecified atom stereocenters. The summed E-state index contributed by atoms with van der Waals surface area (Å²) in [6, 6.07) is 15.3. The lowest BCUT2D eigenvalue weighted by molar-refractivity contribution is -0.403. The summed E-state index contributed by atoms with van der Waals surface area (Å²) in [5, 5.41) is 120. The molecule has 30 heteroatoms. The van der Waals surface area contributed by atoms with Crippen LogP contribution in [0.25, 0.3) is 12.2 Å². The molecule has 30 nitrogen and oxygen atoms in total. The van der Waals surface area contributed by atoms with Gasteiger partial charge in [0, 0.05) is 26.0 Å². The van der Waals surface area contributed by atoms with Crippen LogP contribution in [0, 0.1) is 0 Å². The zero-order chi connectivity index (χ0) is 61.9. The molecule has 4 aliphatic heterocycles. The Morgan fingerprint density at radius 2 is 1.06 bits per heavy atom. The normalized spacial score (nSPS) is 33.0. The number of carbonyl (C=O) groups excluding carboxylic acids is 5. The summed E-state index contributed by atoms with van der Waals surface area (Å²) in [6.45, 7) is -2.86. The summed E-state index contributed by atoms with van der Waals surface area (Å²) in [5.74, 6) is -8.63. The number of hydrogen-bond donors (Lipinski definition) is 11. The molecule has 0 radical (unpaired) electrons. The smallest absolute Gasteiger partial charge is 0.338 e. The van der Waals surface area contributed by atoms with E-state index in [1.54, 1.807) is 6.07 Å². The van der Waals surface area contributed by atoms with Crippen LogP contribution in [0.1, 0.15) is 35.3 Å². The van der Waals surface area contributed by atoms with Gasteiger partial charge in [-0.15, -0.1) is 0 Å². The van der Waals surface area contributed by atoms with Crippen molar-refractivity contribution in [2.24, 2.45) is 0 Å². The van der Waals surface area contributed by atoms with E-state index in [9.17, 15) is 80.1 Å². The van der Waals surface area contributed by atoms with Crippen LogP contribution in [0.2, 0.25) is 0 Å². The largest absolute Gasteiger partial charge is 0.504 e. The molecule has 19 atom stereocenters. The number of aliphatic hydroxyl groups excluding tert-OH is 9. The van der Waals surface area contributed by atoms with Crippen molar-refractivity contribution < 1.29 is 146 Å². The number of ether oxygens (including phenoxy) is 14. The van der Waals surface area contributed by atoms with Gasteiger partial charge in [-0.25, -0.2) is 14.4 Å². The second kappa shape index (κ2) is 29.4. The molecule has 11 N–H and O–H groups in total. The lowest BCUT2D eigenvalue weighted by atomic mass is 9.95. The quantitative estimate of drug-likeness (QED) is 0.0260. The van der Waals surface area contributed by atoms with Crippen LogP contribution in [0.4, 0.5) is 0 Å². The fourth-order valence-corrected chi connectivity index (χ4v) is 9.30. The predicted octanol–water partition coefficient (Wildman–Crippen LogP) is -2.78. The predicted molar refractivity (Wildman–Crippen MR) is 278 cm³/mol. The third kappa shape index (κ3) is 15.9. The SMILES string of the molecule is COc1cc(C=CC(=O)OCC2(OC3OC(COC(C)=O)C(OC(=O)C=Cc4ccc(O)c(OC)c4)C(OC4OC(COC(C)=O)C(OC5OC(CO)C(O)C(O)C5O)C(O)C4O)C3O)OC(CO)C(O)C2OC(=O)c2ccccc2)ccc1O. The van der Waals surface area contributed by atoms with Crippen LogP contribution in [-0.2, 0) is 76.0 Å². The molecule has 0 bridgehead atoms. The standard InChI is InChI=1S/C55H66O30/c1-25(58)74-22-36-47(81-52-44(68)42(66)40(64)34(20-56)77-52)43(67)45(69)53(78-36)82-49-46(70)54(79-37(23-75-26(2)59)48(49)80-39(63)17-13-28-11-15-31(61)33(19-28)73-4)85-55(24-76-38(62)16-12-27-10-14-30(60)32(18-27)72-3)50(41(65)35(21-57)84-55)83-51(71)29-8-6-5-7-9-29/h5-19,34-37,40-50,52-54,56-57,60-61,64-70H,20-24H2,1-4H3. The highest BCUT2D eigenvalue weighted by Gasteiger charge is 2.63. The van der Waals surface area contributed by atoms with Crippen LogP contribution in [-0.4, -0.2) is 249 Å². The lowest BCUT2D eigenvalue weighted by Crippen LogP contribution is -2.68. The van der Waals surface area contributed by atoms with Gasteiger partial charge in [0.05, 0.1) is 33.0 Å². The average Bonchev–Trinajstić information content (AvgIpc) is 2.01. The van der Waals surface area contributed by atoms with Gasteiger partial charge in [0.25, 0.3) is 0 Å². The average molecular weight is 1210 g/mol. The van der Waals surface area contributed by atoms with Crippen molar-refractivity contribution in [3.8, 4) is 23.0 Å². The van der Waals surface area contributed by atoms with Gasteiger partial charge in [-0.1, -0.05) is 30.3 Å². The number of esters is 5. The van der Waals surface area contributed by atoms with E-state index < -0.39 is 179 Å². The van der Waals surface area contributed by atoms with Crippen LogP contribution >= 0.6 is 0 Å². The molecule has 4 heterocycles. The molecular formula is C55H66O30. The lowest BCUT2D eigenvalue weighted by Gasteiger charge is -2.49. The number of rotatable bonds is 23. The van der Waals surface area contributed by atoms with Gasteiger partial charge in [-0.3, -0.25) is 9.59 Å². The van der Waals surface area contributed by atoms with Crippen molar-refractivity contribution in [2.45, 2.75) is 130 Å². The minimum Gasteiger partial charge on any atom is -0.504 e. The number of phenolic OH excluding ortho intramolecular Hbond substituents is 2. The molecule has 3 aromatic carbocycles. The van der Waals surface area contributed by atoms with Gasteiger partial charge in [0.2, 0.25) is 5.79 Å². The molecule has 7 rings (SSSR count). The van der Waals surface area contributed by atoms with Crippen molar-refractivity contribution in [1.29, 1.82) is 0 Å². The number of aliphatic hydroxyl groups is 9. The van der Waals surface area contributed by atoms with Crippen LogP contribution < -0.4 is 9.47 Å². The number of phenols is 2. The monoisotopic (exact) mass is 1210 g/mol. The third-order valence-electron chi connectivity index (χ3n) is 13.7. The van der Waals surface area contributed by atoms with Crippen LogP contribution in [0.15, 0.2) is 78.9 Å². The topological polar surface area (TPSA) is 437 Å². The molecule has 4 saturated heterocycles. The van der Waals surface area contributed by atoms with E-state index in [-0.39, 0.29) is 34.1 Å². The van der Waals surface area contributed by atoms with Crippen molar-refractivity contribution in [3.63, 3.8) is 0 Å². The summed E-state index contributed by atoms with van der Waals surface area (Å²) in [7, 11) is 2.57. The van der Waals surface area contributed by atoms with Gasteiger partial charge in [0.15, 0.2) is 54.1 Å². The van der Waals surface area contributed by atoms with Crippen LogP contribution in [0.3, 0.4) is 0 Å². The first-order valence-electron chi connectivity index (χ1n) is 26.1. The fraction of sp³-hybridized carbons (Fsp3) is 0.509. The highest BCUT2D eigenvalue weighted by atomic mass is 16.8. The minimum atomic E-state index is -2.84. The van der Waals surface area contributed by atoms with E-state index in [0.717, 1.165) is 26.0 Å². The second-order valence-corrected chi connectivity index (χ2v) is 19.6. The molecule has 0 spiro atoms. The van der Waals surface area contributed by atoms with Crippen molar-refractivity contribution >= 4 is 42.0 Å². The van der Waals surface area contributed by atoms with Gasteiger partial charge in [-0.05, 0) is 59.7 Å². The molecular weight excluding hydrogens is 1140 g/mol. The third-order valence-corrected chi connectivity index (χ3v) is 13.7. The summed E-state index contributed by atoms with van der Waals surface area (Å²) < 4.78 is 80.1. The molecule has 4 fully saturated rings. The van der Waals surface area contributed by atoms with E-state index in [2.05, 4.69) is 0 Å². The van der Waals surface area contributed by atoms with Crippen molar-refractivity contribution in [3.05, 3.63) is 95.6 Å². The summed E-state index contributed by atoms with van der Waals surface area (Å²) in [5.41, 5.74) is 0.512. The Labute approximate surface area is 483 Å². The maximum Gasteiger partial charge on any atom is 0.338 e. The minimum absolute atomic E-state index is 0.0154. The molecule has 0 saturated carbocycles. The van der Waals surface area contributed by atoms with E-state index in [0.29, 0.717) is 5.56 Å². The Morgan fingerprint density at radius 3 is 1.61 bits per heavy atom. The van der Waals surface area contributed by atoms with E-state index in [4.69, 9.17) is 66.3 Å². The first-order chi connectivity index (χ1) is 40.5. The first kappa shape index (κ1) is 65.6. The zero-order valence-corrected chi connectivity index (χ0v) is 45.8. The van der Waals surface area contributed by atoms with E-state index in [1.807, 2.05) is 0 Å². The van der Waals surface area contributed by atoms with Gasteiger partial charge >= 0.3 is 29.8 Å². The molecule has 3 aromatic rings. The van der Waals surface area contributed by atoms with E-state index >= 15 is 0 Å². The van der Waals surface area contributed by atoms with Crippen molar-refractivity contribution in [2.75, 3.05) is 47.3 Å². The second-order valence-electron chi connectivity index (χ2n) is 19.6. The number of methoxy groups -OCH3 is 2. The van der Waals surface area contributed by atoms with Crippen molar-refractivity contribution in [1.82, 2.24) is 0 Å². The van der Waals surface area contributed by atoms with Gasteiger partial charge in [-0.2, -0.15) is 0 Å². The Balaban J connectivity index is 1.28. The molecule has 85 heavy (non-hydrogen) atoms. The maximum absolute atomic E-state index is 13.9. The summed E-state index contributed by atoms with van der Waals surface area (Å²) in [6.07, 6.45) is -32.5. The molecule has 0 aromatic heterocycles. The first-order valence-corrected chi connectivity index (χ1v) is 26.1. The number of hydrogen-bond acceptors (Lipinski definition) is 30. The highest BCUT2D eigenvalue weighted by molar-refractivity contribution is 5.90. The van der Waals surface area contributed by atoms with Crippen LogP contribution in [0.5, 0.6) is 23.0 Å². The highest BCUT2D eigenvalue weighted by Crippen LogP contribution is 2.41. The summed E-state index contributed by atoms with van der Waals surface area (Å²) >= 11 is 0. The number of carbonyl (C=O) groups is 5. The Bertz CT molecular complexity index is 2810. The Morgan fingerprint density at radius 1 is 0.541 bits per heavy atom. The number of benzene rings is 3. The number of aromatic hydroxyl groups is 2. The van der Waals surface area contributed by atoms with Gasteiger partial charge in [0.1, 0.15) is 99.2 Å². The molecule has 466 valence electrons. The summed E-state index contributed by atoms with van der Waals surface area (Å²) in [4.78, 5) is 66.0. The van der Waals surface area contributed by atoms with E-state index in [1.165, 1.54) is 87.0 Å².